The average molecular weight is 399 g/mol. The molecule has 0 unspecified atom stereocenters. The summed E-state index contributed by atoms with van der Waals surface area (Å²) in [6.07, 6.45) is 4.20. The van der Waals surface area contributed by atoms with Crippen LogP contribution in [0.3, 0.4) is 0 Å². The summed E-state index contributed by atoms with van der Waals surface area (Å²) in [4.78, 5) is 13.0. The highest BCUT2D eigenvalue weighted by Gasteiger charge is 2.48. The highest BCUT2D eigenvalue weighted by atomic mass is 35.5. The van der Waals surface area contributed by atoms with Crippen molar-refractivity contribution >= 4 is 27.5 Å². The van der Waals surface area contributed by atoms with Gasteiger partial charge in [-0.05, 0) is 56.2 Å². The summed E-state index contributed by atoms with van der Waals surface area (Å²) in [5, 5.41) is 3.87. The van der Waals surface area contributed by atoms with E-state index in [1.165, 1.54) is 0 Å². The van der Waals surface area contributed by atoms with Crippen LogP contribution in [0, 0.1) is 5.41 Å². The molecular formula is C19H27ClN2O3S. The highest BCUT2D eigenvalue weighted by Crippen LogP contribution is 2.41. The maximum atomic E-state index is 13.0. The molecule has 7 heteroatoms. The topological polar surface area (TPSA) is 75.3 Å². The lowest BCUT2D eigenvalue weighted by Gasteiger charge is -2.36. The quantitative estimate of drug-likeness (QED) is 0.736. The standard InChI is InChI=1S/C19H27ClN2O3S/c1-3-19(4-2,18(23)22-26(24,25)15-8-9-15)17-11-10-16(21-17)13-6-5-7-14(20)12-13/h5-7,12,15-17,21H,3-4,8-11H2,1-2H3,(H,22,23)/t16-,17+/m0/s1. The van der Waals surface area contributed by atoms with Gasteiger partial charge in [0.2, 0.25) is 15.9 Å². The molecule has 1 amide bonds. The molecule has 1 aliphatic heterocycles. The predicted octanol–water partition coefficient (Wildman–Crippen LogP) is 3.55. The number of carbonyl (C=O) groups excluding carboxylic acids is 1. The van der Waals surface area contributed by atoms with Gasteiger partial charge in [-0.1, -0.05) is 37.6 Å². The molecule has 0 bridgehead atoms. The molecule has 2 atom stereocenters. The van der Waals surface area contributed by atoms with Gasteiger partial charge in [-0.3, -0.25) is 9.52 Å². The number of sulfonamides is 1. The van der Waals surface area contributed by atoms with Crippen molar-refractivity contribution in [2.75, 3.05) is 0 Å². The van der Waals surface area contributed by atoms with Crippen LogP contribution in [0.25, 0.3) is 0 Å². The Kier molecular flexibility index (Phi) is 5.66. The summed E-state index contributed by atoms with van der Waals surface area (Å²) in [6.45, 7) is 3.92. The van der Waals surface area contributed by atoms with Gasteiger partial charge in [-0.25, -0.2) is 8.42 Å². The summed E-state index contributed by atoms with van der Waals surface area (Å²) in [5.74, 6) is -0.362. The molecule has 2 N–H and O–H groups in total. The van der Waals surface area contributed by atoms with Crippen molar-refractivity contribution in [3.05, 3.63) is 34.9 Å². The zero-order valence-corrected chi connectivity index (χ0v) is 16.9. The van der Waals surface area contributed by atoms with E-state index in [1.807, 2.05) is 38.1 Å². The van der Waals surface area contributed by atoms with E-state index in [4.69, 9.17) is 11.6 Å². The minimum atomic E-state index is -3.54. The van der Waals surface area contributed by atoms with E-state index in [1.54, 1.807) is 0 Å². The smallest absolute Gasteiger partial charge is 0.241 e. The van der Waals surface area contributed by atoms with Crippen LogP contribution in [0.4, 0.5) is 0 Å². The van der Waals surface area contributed by atoms with Crippen LogP contribution in [-0.2, 0) is 14.8 Å². The molecule has 144 valence electrons. The Morgan fingerprint density at radius 3 is 2.50 bits per heavy atom. The molecule has 0 aromatic heterocycles. The SMILES string of the molecule is CCC(CC)(C(=O)NS(=O)(=O)C1CC1)[C@H]1CC[C@@H](c2cccc(Cl)c2)N1. The van der Waals surface area contributed by atoms with Gasteiger partial charge in [-0.2, -0.15) is 0 Å². The van der Waals surface area contributed by atoms with E-state index in [0.717, 1.165) is 18.4 Å². The number of amides is 1. The Labute approximate surface area is 160 Å². The number of nitrogens with one attached hydrogen (secondary N) is 2. The second kappa shape index (κ2) is 7.49. The van der Waals surface area contributed by atoms with E-state index in [9.17, 15) is 13.2 Å². The molecule has 26 heavy (non-hydrogen) atoms. The molecular weight excluding hydrogens is 372 g/mol. The fraction of sp³-hybridized carbons (Fsp3) is 0.632. The lowest BCUT2D eigenvalue weighted by Crippen LogP contribution is -2.53. The number of benzene rings is 1. The van der Waals surface area contributed by atoms with Gasteiger partial charge in [-0.15, -0.1) is 0 Å². The molecule has 1 saturated carbocycles. The molecule has 1 heterocycles. The lowest BCUT2D eigenvalue weighted by molar-refractivity contribution is -0.131. The van der Waals surface area contributed by atoms with Gasteiger partial charge in [0, 0.05) is 17.1 Å². The second-order valence-electron chi connectivity index (χ2n) is 7.44. The van der Waals surface area contributed by atoms with E-state index in [-0.39, 0.29) is 18.0 Å². The van der Waals surface area contributed by atoms with Crippen molar-refractivity contribution < 1.29 is 13.2 Å². The van der Waals surface area contributed by atoms with Crippen molar-refractivity contribution in [2.24, 2.45) is 5.41 Å². The first-order chi connectivity index (χ1) is 12.3. The monoisotopic (exact) mass is 398 g/mol. The van der Waals surface area contributed by atoms with Crippen LogP contribution in [0.15, 0.2) is 24.3 Å². The summed E-state index contributed by atoms with van der Waals surface area (Å²) in [5.41, 5.74) is 0.377. The van der Waals surface area contributed by atoms with Gasteiger partial charge < -0.3 is 5.32 Å². The summed E-state index contributed by atoms with van der Waals surface area (Å²) in [6, 6.07) is 7.81. The van der Waals surface area contributed by atoms with E-state index in [0.29, 0.717) is 30.7 Å². The average Bonchev–Trinajstić information content (AvgIpc) is 3.36. The fourth-order valence-electron chi connectivity index (χ4n) is 4.08. The Hall–Kier alpha value is -1.11. The zero-order chi connectivity index (χ0) is 18.9. The first kappa shape index (κ1) is 19.6. The molecule has 0 radical (unpaired) electrons. The predicted molar refractivity (Wildman–Crippen MR) is 103 cm³/mol. The Morgan fingerprint density at radius 2 is 1.92 bits per heavy atom. The normalized spacial score (nSPS) is 23.8. The summed E-state index contributed by atoms with van der Waals surface area (Å²) in [7, 11) is -3.54. The number of carbonyl (C=O) groups is 1. The third-order valence-corrected chi connectivity index (χ3v) is 8.03. The molecule has 1 aromatic rings. The van der Waals surface area contributed by atoms with E-state index in [2.05, 4.69) is 10.0 Å². The minimum Gasteiger partial charge on any atom is -0.306 e. The third kappa shape index (κ3) is 3.78. The number of hydrogen-bond donors (Lipinski definition) is 2. The van der Waals surface area contributed by atoms with Crippen LogP contribution in [0.1, 0.15) is 64.0 Å². The van der Waals surface area contributed by atoms with Crippen molar-refractivity contribution in [3.63, 3.8) is 0 Å². The summed E-state index contributed by atoms with van der Waals surface area (Å²) >= 11 is 6.10. The van der Waals surface area contributed by atoms with Crippen molar-refractivity contribution in [1.82, 2.24) is 10.0 Å². The molecule has 3 rings (SSSR count). The first-order valence-electron chi connectivity index (χ1n) is 9.40. The highest BCUT2D eigenvalue weighted by molar-refractivity contribution is 7.90. The lowest BCUT2D eigenvalue weighted by atomic mass is 9.74. The Bertz CT molecular complexity index is 773. The Morgan fingerprint density at radius 1 is 1.23 bits per heavy atom. The molecule has 2 fully saturated rings. The van der Waals surface area contributed by atoms with Gasteiger partial charge in [0.1, 0.15) is 0 Å². The molecule has 1 saturated heterocycles. The maximum absolute atomic E-state index is 13.0. The van der Waals surface area contributed by atoms with Crippen molar-refractivity contribution in [2.45, 2.75) is 69.7 Å². The van der Waals surface area contributed by atoms with E-state index < -0.39 is 20.7 Å². The fourth-order valence-corrected chi connectivity index (χ4v) is 5.66. The maximum Gasteiger partial charge on any atom is 0.241 e. The number of halogens is 1. The second-order valence-corrected chi connectivity index (χ2v) is 9.84. The third-order valence-electron chi connectivity index (χ3n) is 5.98. The van der Waals surface area contributed by atoms with Crippen LogP contribution in [0.5, 0.6) is 0 Å². The van der Waals surface area contributed by atoms with Crippen LogP contribution in [-0.4, -0.2) is 25.6 Å². The van der Waals surface area contributed by atoms with Gasteiger partial charge in [0.25, 0.3) is 0 Å². The number of rotatable bonds is 7. The summed E-state index contributed by atoms with van der Waals surface area (Å²) < 4.78 is 26.9. The number of hydrogen-bond acceptors (Lipinski definition) is 4. The molecule has 0 spiro atoms. The zero-order valence-electron chi connectivity index (χ0n) is 15.3. The van der Waals surface area contributed by atoms with Crippen LogP contribution < -0.4 is 10.0 Å². The van der Waals surface area contributed by atoms with Crippen LogP contribution in [0.2, 0.25) is 5.02 Å². The molecule has 1 aliphatic carbocycles. The van der Waals surface area contributed by atoms with Crippen molar-refractivity contribution in [3.8, 4) is 0 Å². The van der Waals surface area contributed by atoms with Gasteiger partial charge in [0.05, 0.1) is 10.7 Å². The van der Waals surface area contributed by atoms with Crippen LogP contribution >= 0.6 is 11.6 Å². The van der Waals surface area contributed by atoms with Crippen molar-refractivity contribution in [1.29, 1.82) is 0 Å². The largest absolute Gasteiger partial charge is 0.306 e. The van der Waals surface area contributed by atoms with E-state index >= 15 is 0 Å². The first-order valence-corrected chi connectivity index (χ1v) is 11.3. The molecule has 2 aliphatic rings. The molecule has 5 nitrogen and oxygen atoms in total. The van der Waals surface area contributed by atoms with Gasteiger partial charge in [0.15, 0.2) is 0 Å². The minimum absolute atomic E-state index is 0.0594. The Balaban J connectivity index is 1.78. The van der Waals surface area contributed by atoms with Gasteiger partial charge >= 0.3 is 0 Å². The molecule has 1 aromatic carbocycles.